The summed E-state index contributed by atoms with van der Waals surface area (Å²) in [7, 11) is 0. The fourth-order valence-electron chi connectivity index (χ4n) is 3.97. The molecule has 1 aromatic heterocycles. The van der Waals surface area contributed by atoms with Crippen LogP contribution in [-0.4, -0.2) is 46.5 Å². The summed E-state index contributed by atoms with van der Waals surface area (Å²) in [6, 6.07) is 13.3. The number of carbonyl (C=O) groups is 1. The smallest absolute Gasteiger partial charge is 0.328 e. The summed E-state index contributed by atoms with van der Waals surface area (Å²) in [4.78, 5) is 44.0. The summed E-state index contributed by atoms with van der Waals surface area (Å²) in [5, 5.41) is 0.484. The summed E-state index contributed by atoms with van der Waals surface area (Å²) in [6.45, 7) is 2.95. The summed E-state index contributed by atoms with van der Waals surface area (Å²) in [5.41, 5.74) is 0.762. The van der Waals surface area contributed by atoms with Gasteiger partial charge in [-0.2, -0.15) is 0 Å². The molecule has 0 atom stereocenters. The minimum Gasteiger partial charge on any atom is -0.368 e. The zero-order chi connectivity index (χ0) is 21.8. The summed E-state index contributed by atoms with van der Waals surface area (Å²) in [6.07, 6.45) is 1.56. The molecule has 1 aliphatic rings. The minimum atomic E-state index is -0.424. The van der Waals surface area contributed by atoms with Gasteiger partial charge >= 0.3 is 5.69 Å². The molecule has 1 amide bonds. The topological polar surface area (TPSA) is 78.4 Å². The normalized spacial score (nSPS) is 14.2. The minimum absolute atomic E-state index is 0.0820. The van der Waals surface area contributed by atoms with E-state index in [0.29, 0.717) is 56.3 Å². The van der Waals surface area contributed by atoms with Crippen molar-refractivity contribution in [1.29, 1.82) is 0 Å². The molecule has 0 bridgehead atoms. The summed E-state index contributed by atoms with van der Waals surface area (Å²) in [5.74, 6) is -0.177. The van der Waals surface area contributed by atoms with Crippen LogP contribution in [0.15, 0.2) is 58.1 Å². The van der Waals surface area contributed by atoms with E-state index >= 15 is 0 Å². The maximum Gasteiger partial charge on any atom is 0.328 e. The molecule has 0 spiro atoms. The number of anilines is 1. The Balaban J connectivity index is 1.26. The second-order valence-corrected chi connectivity index (χ2v) is 7.73. The predicted molar refractivity (Wildman–Crippen MR) is 118 cm³/mol. The SMILES string of the molecule is O=C(CCCCn1c(=O)[nH]c2ccccc2c1=O)N1CCN(c2ccc(F)cc2)CC1. The quantitative estimate of drug-likeness (QED) is 0.616. The van der Waals surface area contributed by atoms with E-state index in [1.54, 1.807) is 36.4 Å². The molecular weight excluding hydrogens is 399 g/mol. The third kappa shape index (κ3) is 4.68. The second-order valence-electron chi connectivity index (χ2n) is 7.73. The number of aromatic amines is 1. The number of para-hydroxylation sites is 1. The number of rotatable bonds is 6. The lowest BCUT2D eigenvalue weighted by atomic mass is 10.2. The molecule has 4 rings (SSSR count). The molecule has 0 saturated carbocycles. The van der Waals surface area contributed by atoms with Crippen LogP contribution in [0.4, 0.5) is 10.1 Å². The molecule has 0 radical (unpaired) electrons. The number of aromatic nitrogens is 2. The number of piperazine rings is 1. The molecule has 2 aromatic carbocycles. The van der Waals surface area contributed by atoms with Crippen LogP contribution >= 0.6 is 0 Å². The number of carbonyl (C=O) groups excluding carboxylic acids is 1. The summed E-state index contributed by atoms with van der Waals surface area (Å²) < 4.78 is 14.3. The van der Waals surface area contributed by atoms with Gasteiger partial charge < -0.3 is 14.8 Å². The number of H-pyrrole nitrogens is 1. The Morgan fingerprint density at radius 3 is 2.39 bits per heavy atom. The highest BCUT2D eigenvalue weighted by Gasteiger charge is 2.21. The van der Waals surface area contributed by atoms with E-state index in [0.717, 1.165) is 5.69 Å². The molecule has 7 nitrogen and oxygen atoms in total. The lowest BCUT2D eigenvalue weighted by Crippen LogP contribution is -2.48. The number of halogens is 1. The molecule has 8 heteroatoms. The van der Waals surface area contributed by atoms with E-state index in [-0.39, 0.29) is 23.8 Å². The Kier molecular flexibility index (Phi) is 6.16. The Labute approximate surface area is 178 Å². The Bertz CT molecular complexity index is 1180. The predicted octanol–water partition coefficient (Wildman–Crippen LogP) is 2.35. The monoisotopic (exact) mass is 424 g/mol. The van der Waals surface area contributed by atoms with Crippen molar-refractivity contribution in [1.82, 2.24) is 14.5 Å². The van der Waals surface area contributed by atoms with Gasteiger partial charge in [0.15, 0.2) is 0 Å². The molecule has 0 aliphatic carbocycles. The average molecular weight is 424 g/mol. The van der Waals surface area contributed by atoms with Crippen molar-refractivity contribution in [3.05, 3.63) is 75.2 Å². The van der Waals surface area contributed by atoms with Crippen molar-refractivity contribution in [3.8, 4) is 0 Å². The van der Waals surface area contributed by atoms with Crippen molar-refractivity contribution in [2.45, 2.75) is 25.8 Å². The van der Waals surface area contributed by atoms with Gasteiger partial charge in [0.2, 0.25) is 5.91 Å². The third-order valence-corrected chi connectivity index (χ3v) is 5.74. The van der Waals surface area contributed by atoms with E-state index in [9.17, 15) is 18.8 Å². The van der Waals surface area contributed by atoms with E-state index in [1.807, 2.05) is 4.90 Å². The first-order valence-corrected chi connectivity index (χ1v) is 10.5. The maximum atomic E-state index is 13.1. The fraction of sp³-hybridized carbons (Fsp3) is 0.348. The van der Waals surface area contributed by atoms with Gasteiger partial charge in [-0.3, -0.25) is 14.2 Å². The molecule has 0 unspecified atom stereocenters. The highest BCUT2D eigenvalue weighted by molar-refractivity contribution is 5.77. The molecule has 1 aliphatic heterocycles. The van der Waals surface area contributed by atoms with Gasteiger partial charge in [-0.25, -0.2) is 9.18 Å². The average Bonchev–Trinajstić information content (AvgIpc) is 2.79. The van der Waals surface area contributed by atoms with Gasteiger partial charge in [0.25, 0.3) is 5.56 Å². The van der Waals surface area contributed by atoms with Gasteiger partial charge in [0, 0.05) is 44.8 Å². The van der Waals surface area contributed by atoms with Crippen molar-refractivity contribution in [3.63, 3.8) is 0 Å². The number of unbranched alkanes of at least 4 members (excludes halogenated alkanes) is 1. The van der Waals surface area contributed by atoms with E-state index in [2.05, 4.69) is 9.88 Å². The summed E-state index contributed by atoms with van der Waals surface area (Å²) >= 11 is 0. The van der Waals surface area contributed by atoms with Gasteiger partial charge in [0.05, 0.1) is 10.9 Å². The maximum absolute atomic E-state index is 13.1. The number of amides is 1. The van der Waals surface area contributed by atoms with Gasteiger partial charge in [-0.1, -0.05) is 12.1 Å². The molecule has 3 aromatic rings. The molecule has 162 valence electrons. The van der Waals surface area contributed by atoms with Crippen LogP contribution in [0.3, 0.4) is 0 Å². The Morgan fingerprint density at radius 1 is 0.935 bits per heavy atom. The van der Waals surface area contributed by atoms with Crippen LogP contribution in [0.25, 0.3) is 10.9 Å². The van der Waals surface area contributed by atoms with Gasteiger partial charge in [-0.15, -0.1) is 0 Å². The molecular formula is C23H25FN4O3. The van der Waals surface area contributed by atoms with Crippen LogP contribution in [0.2, 0.25) is 0 Å². The molecule has 2 heterocycles. The standard InChI is InChI=1S/C23H25FN4O3/c24-17-8-10-18(11-9-17)26-13-15-27(16-14-26)21(29)7-3-4-12-28-22(30)19-5-1-2-6-20(19)25-23(28)31/h1-2,5-6,8-11H,3-4,7,12-16H2,(H,25,31). The van der Waals surface area contributed by atoms with E-state index < -0.39 is 5.69 Å². The molecule has 1 N–H and O–H groups in total. The van der Waals surface area contributed by atoms with Crippen LogP contribution in [-0.2, 0) is 11.3 Å². The highest BCUT2D eigenvalue weighted by atomic mass is 19.1. The van der Waals surface area contributed by atoms with Gasteiger partial charge in [0.1, 0.15) is 5.82 Å². The third-order valence-electron chi connectivity index (χ3n) is 5.74. The van der Waals surface area contributed by atoms with Crippen LogP contribution in [0.5, 0.6) is 0 Å². The van der Waals surface area contributed by atoms with Crippen LogP contribution in [0, 0.1) is 5.82 Å². The van der Waals surface area contributed by atoms with Crippen molar-refractivity contribution in [2.75, 3.05) is 31.1 Å². The Morgan fingerprint density at radius 2 is 1.65 bits per heavy atom. The number of nitrogens with zero attached hydrogens (tertiary/aromatic N) is 3. The lowest BCUT2D eigenvalue weighted by molar-refractivity contribution is -0.131. The van der Waals surface area contributed by atoms with Gasteiger partial charge in [-0.05, 0) is 49.2 Å². The molecule has 31 heavy (non-hydrogen) atoms. The first kappa shape index (κ1) is 20.8. The number of fused-ring (bicyclic) bond motifs is 1. The fourth-order valence-corrected chi connectivity index (χ4v) is 3.97. The van der Waals surface area contributed by atoms with Crippen molar-refractivity contribution >= 4 is 22.5 Å². The number of nitrogens with one attached hydrogen (secondary N) is 1. The zero-order valence-electron chi connectivity index (χ0n) is 17.2. The Hall–Kier alpha value is -3.42. The van der Waals surface area contributed by atoms with E-state index in [4.69, 9.17) is 0 Å². The second kappa shape index (κ2) is 9.16. The number of benzene rings is 2. The largest absolute Gasteiger partial charge is 0.368 e. The van der Waals surface area contributed by atoms with E-state index in [1.165, 1.54) is 16.7 Å². The first-order chi connectivity index (χ1) is 15.0. The number of hydrogen-bond donors (Lipinski definition) is 1. The van der Waals surface area contributed by atoms with Crippen molar-refractivity contribution < 1.29 is 9.18 Å². The molecule has 1 saturated heterocycles. The van der Waals surface area contributed by atoms with Crippen molar-refractivity contribution in [2.24, 2.45) is 0 Å². The lowest BCUT2D eigenvalue weighted by Gasteiger charge is -2.36. The first-order valence-electron chi connectivity index (χ1n) is 10.5. The number of hydrogen-bond acceptors (Lipinski definition) is 4. The zero-order valence-corrected chi connectivity index (χ0v) is 17.2. The molecule has 1 fully saturated rings. The van der Waals surface area contributed by atoms with Crippen LogP contribution < -0.4 is 16.1 Å². The highest BCUT2D eigenvalue weighted by Crippen LogP contribution is 2.17. The van der Waals surface area contributed by atoms with Crippen LogP contribution in [0.1, 0.15) is 19.3 Å².